The van der Waals surface area contributed by atoms with Gasteiger partial charge in [0.1, 0.15) is 12.3 Å². The third-order valence-corrected chi connectivity index (χ3v) is 4.42. The molecule has 1 aromatic rings. The van der Waals surface area contributed by atoms with Gasteiger partial charge in [-0.1, -0.05) is 20.8 Å². The molecule has 21 heavy (non-hydrogen) atoms. The summed E-state index contributed by atoms with van der Waals surface area (Å²) in [5.41, 5.74) is 0. The molecule has 0 amide bonds. The summed E-state index contributed by atoms with van der Waals surface area (Å²) in [7, 11) is -4.28. The molecule has 0 fully saturated rings. The largest absolute Gasteiger partial charge is 0.447 e. The Balaban J connectivity index is 2.91. The molecule has 0 atom stereocenters. The molecule has 122 valence electrons. The molecule has 1 rings (SSSR count). The minimum Gasteiger partial charge on any atom is -0.447 e. The van der Waals surface area contributed by atoms with E-state index in [1.165, 1.54) is 19.1 Å². The quantitative estimate of drug-likeness (QED) is 0.834. The highest BCUT2D eigenvalue weighted by Gasteiger charge is 2.37. The lowest BCUT2D eigenvalue weighted by atomic mass is 10.3. The van der Waals surface area contributed by atoms with Crippen molar-refractivity contribution in [2.75, 3.05) is 13.1 Å². The Morgan fingerprint density at radius 3 is 2.43 bits per heavy atom. The predicted molar refractivity (Wildman–Crippen MR) is 71.2 cm³/mol. The maximum Gasteiger partial charge on any atom is 0.402 e. The van der Waals surface area contributed by atoms with Crippen LogP contribution in [-0.4, -0.2) is 38.0 Å². The average Bonchev–Trinajstić information content (AvgIpc) is 2.81. The van der Waals surface area contributed by atoms with Gasteiger partial charge in [-0.05, 0) is 12.1 Å². The Labute approximate surface area is 122 Å². The van der Waals surface area contributed by atoms with Crippen molar-refractivity contribution < 1.29 is 26.0 Å². The van der Waals surface area contributed by atoms with Crippen molar-refractivity contribution in [1.29, 1.82) is 0 Å². The summed E-state index contributed by atoms with van der Waals surface area (Å²) in [6.07, 6.45) is -4.60. The van der Waals surface area contributed by atoms with Crippen LogP contribution in [0, 0.1) is 0 Å². The van der Waals surface area contributed by atoms with Crippen LogP contribution in [0.25, 0.3) is 0 Å². The molecule has 0 aliphatic carbocycles. The highest BCUT2D eigenvalue weighted by atomic mass is 32.2. The summed E-state index contributed by atoms with van der Waals surface area (Å²) in [6, 6.07) is 2.78. The second-order valence-electron chi connectivity index (χ2n) is 4.80. The summed E-state index contributed by atoms with van der Waals surface area (Å²) in [5.74, 6) is 0.352. The SMILES string of the molecule is CCN(CC(F)(F)F)S(=O)(=O)c1ccc(CNC(C)C)o1. The summed E-state index contributed by atoms with van der Waals surface area (Å²) in [4.78, 5) is 0. The Hall–Kier alpha value is -1.06. The molecule has 0 aromatic carbocycles. The first-order chi connectivity index (χ1) is 9.56. The van der Waals surface area contributed by atoms with E-state index in [4.69, 9.17) is 4.42 Å². The highest BCUT2D eigenvalue weighted by Crippen LogP contribution is 2.23. The molecule has 0 saturated heterocycles. The molecule has 1 aromatic heterocycles. The number of halogens is 3. The predicted octanol–water partition coefficient (Wildman–Crippen LogP) is 2.35. The van der Waals surface area contributed by atoms with Gasteiger partial charge in [0.25, 0.3) is 10.0 Å². The monoisotopic (exact) mass is 328 g/mol. The van der Waals surface area contributed by atoms with E-state index in [1.807, 2.05) is 13.8 Å². The van der Waals surface area contributed by atoms with E-state index >= 15 is 0 Å². The van der Waals surface area contributed by atoms with Crippen molar-refractivity contribution in [3.8, 4) is 0 Å². The number of hydrogen-bond donors (Lipinski definition) is 1. The molecular weight excluding hydrogens is 309 g/mol. The summed E-state index contributed by atoms with van der Waals surface area (Å²) >= 11 is 0. The topological polar surface area (TPSA) is 62.6 Å². The number of rotatable bonds is 7. The van der Waals surface area contributed by atoms with Gasteiger partial charge in [-0.15, -0.1) is 0 Å². The Kier molecular flexibility index (Phi) is 5.83. The fraction of sp³-hybridized carbons (Fsp3) is 0.667. The number of sulfonamides is 1. The lowest BCUT2D eigenvalue weighted by Crippen LogP contribution is -2.38. The first-order valence-electron chi connectivity index (χ1n) is 6.45. The van der Waals surface area contributed by atoms with Gasteiger partial charge in [0.15, 0.2) is 0 Å². The van der Waals surface area contributed by atoms with Crippen molar-refractivity contribution in [2.24, 2.45) is 0 Å². The van der Waals surface area contributed by atoms with Crippen molar-refractivity contribution in [1.82, 2.24) is 9.62 Å². The van der Waals surface area contributed by atoms with Gasteiger partial charge in [-0.25, -0.2) is 8.42 Å². The maximum atomic E-state index is 12.4. The Morgan fingerprint density at radius 1 is 1.33 bits per heavy atom. The van der Waals surface area contributed by atoms with Crippen molar-refractivity contribution in [3.63, 3.8) is 0 Å². The number of nitrogens with zero attached hydrogens (tertiary/aromatic N) is 1. The number of furan rings is 1. The maximum absolute atomic E-state index is 12.4. The van der Waals surface area contributed by atoms with Gasteiger partial charge < -0.3 is 9.73 Å². The molecule has 0 unspecified atom stereocenters. The number of alkyl halides is 3. The smallest absolute Gasteiger partial charge is 0.402 e. The third kappa shape index (κ3) is 5.33. The minimum atomic E-state index is -4.60. The average molecular weight is 328 g/mol. The van der Waals surface area contributed by atoms with Gasteiger partial charge in [-0.3, -0.25) is 0 Å². The van der Waals surface area contributed by atoms with Crippen molar-refractivity contribution in [3.05, 3.63) is 17.9 Å². The van der Waals surface area contributed by atoms with E-state index in [0.29, 0.717) is 16.6 Å². The standard InChI is InChI=1S/C12H19F3N2O3S/c1-4-17(8-12(13,14)15)21(18,19)11-6-5-10(20-11)7-16-9(2)3/h5-6,9,16H,4,7-8H2,1-3H3. The molecule has 5 nitrogen and oxygen atoms in total. The fourth-order valence-electron chi connectivity index (χ4n) is 1.59. The molecule has 1 N–H and O–H groups in total. The van der Waals surface area contributed by atoms with Crippen LogP contribution in [0.4, 0.5) is 13.2 Å². The molecule has 0 saturated carbocycles. The number of hydrogen-bond acceptors (Lipinski definition) is 4. The van der Waals surface area contributed by atoms with Crippen LogP contribution in [0.2, 0.25) is 0 Å². The van der Waals surface area contributed by atoms with Gasteiger partial charge in [0.05, 0.1) is 6.54 Å². The second-order valence-corrected chi connectivity index (χ2v) is 6.67. The van der Waals surface area contributed by atoms with E-state index in [0.717, 1.165) is 0 Å². The van der Waals surface area contributed by atoms with Crippen molar-refractivity contribution >= 4 is 10.0 Å². The summed E-state index contributed by atoms with van der Waals surface area (Å²) in [6.45, 7) is 3.63. The van der Waals surface area contributed by atoms with Crippen LogP contribution in [0.15, 0.2) is 21.6 Å². The lowest BCUT2D eigenvalue weighted by molar-refractivity contribution is -0.135. The van der Waals surface area contributed by atoms with E-state index < -0.39 is 27.8 Å². The fourth-order valence-corrected chi connectivity index (χ4v) is 2.95. The molecule has 0 bridgehead atoms. The Morgan fingerprint density at radius 2 is 1.95 bits per heavy atom. The van der Waals surface area contributed by atoms with E-state index in [9.17, 15) is 21.6 Å². The van der Waals surface area contributed by atoms with E-state index in [-0.39, 0.29) is 12.6 Å². The van der Waals surface area contributed by atoms with Crippen LogP contribution in [-0.2, 0) is 16.6 Å². The van der Waals surface area contributed by atoms with Gasteiger partial charge in [0, 0.05) is 12.6 Å². The first kappa shape index (κ1) is 18.0. The second kappa shape index (κ2) is 6.80. The van der Waals surface area contributed by atoms with Crippen LogP contribution in [0.3, 0.4) is 0 Å². The molecule has 0 radical (unpaired) electrons. The van der Waals surface area contributed by atoms with Crippen LogP contribution < -0.4 is 5.32 Å². The third-order valence-electron chi connectivity index (χ3n) is 2.62. The van der Waals surface area contributed by atoms with Crippen LogP contribution in [0.1, 0.15) is 26.5 Å². The molecule has 9 heteroatoms. The van der Waals surface area contributed by atoms with Crippen LogP contribution >= 0.6 is 0 Å². The first-order valence-corrected chi connectivity index (χ1v) is 7.89. The summed E-state index contributed by atoms with van der Waals surface area (Å²) in [5, 5.41) is 2.55. The molecule has 0 aliphatic heterocycles. The highest BCUT2D eigenvalue weighted by molar-refractivity contribution is 7.89. The minimum absolute atomic E-state index is 0.174. The number of nitrogens with one attached hydrogen (secondary N) is 1. The zero-order valence-electron chi connectivity index (χ0n) is 12.1. The summed E-state index contributed by atoms with van der Waals surface area (Å²) < 4.78 is 66.9. The lowest BCUT2D eigenvalue weighted by Gasteiger charge is -2.20. The van der Waals surface area contributed by atoms with E-state index in [1.54, 1.807) is 0 Å². The zero-order chi connectivity index (χ0) is 16.3. The molecule has 0 aliphatic rings. The molecule has 1 heterocycles. The van der Waals surface area contributed by atoms with Crippen LogP contribution in [0.5, 0.6) is 0 Å². The van der Waals surface area contributed by atoms with Gasteiger partial charge >= 0.3 is 6.18 Å². The van der Waals surface area contributed by atoms with Gasteiger partial charge in [0.2, 0.25) is 5.09 Å². The van der Waals surface area contributed by atoms with Crippen molar-refractivity contribution in [2.45, 2.75) is 44.6 Å². The molecular formula is C12H19F3N2O3S. The molecule has 0 spiro atoms. The van der Waals surface area contributed by atoms with Gasteiger partial charge in [-0.2, -0.15) is 17.5 Å². The zero-order valence-corrected chi connectivity index (χ0v) is 12.9. The van der Waals surface area contributed by atoms with E-state index in [2.05, 4.69) is 5.32 Å². The Bertz CT molecular complexity index is 552. The normalized spacial score (nSPS) is 13.3.